The van der Waals surface area contributed by atoms with Crippen molar-refractivity contribution in [2.24, 2.45) is 5.41 Å². The zero-order valence-electron chi connectivity index (χ0n) is 24.2. The number of hydrogen-bond donors (Lipinski definition) is 3. The summed E-state index contributed by atoms with van der Waals surface area (Å²) < 4.78 is 22.9. The van der Waals surface area contributed by atoms with Gasteiger partial charge in [-0.15, -0.1) is 0 Å². The van der Waals surface area contributed by atoms with Gasteiger partial charge in [-0.2, -0.15) is 0 Å². The number of amides is 2. The van der Waals surface area contributed by atoms with Gasteiger partial charge in [0, 0.05) is 25.9 Å². The first-order chi connectivity index (χ1) is 18.8. The van der Waals surface area contributed by atoms with Crippen LogP contribution in [0.2, 0.25) is 0 Å². The Kier molecular flexibility index (Phi) is 10.8. The van der Waals surface area contributed by atoms with Crippen molar-refractivity contribution < 1.29 is 38.4 Å². The van der Waals surface area contributed by atoms with Crippen molar-refractivity contribution in [1.82, 2.24) is 15.6 Å². The third-order valence-corrected chi connectivity index (χ3v) is 6.66. The molecule has 0 spiro atoms. The van der Waals surface area contributed by atoms with Gasteiger partial charge in [-0.3, -0.25) is 19.4 Å². The largest absolute Gasteiger partial charge is 0.460 e. The minimum absolute atomic E-state index is 0.141. The Morgan fingerprint density at radius 3 is 2.70 bits per heavy atom. The molecule has 3 heterocycles. The van der Waals surface area contributed by atoms with E-state index in [1.807, 2.05) is 39.0 Å². The molecule has 0 bridgehead atoms. The Morgan fingerprint density at radius 1 is 1.30 bits per heavy atom. The molecule has 2 aliphatic rings. The molecule has 2 saturated heterocycles. The van der Waals surface area contributed by atoms with E-state index in [9.17, 15) is 19.5 Å². The van der Waals surface area contributed by atoms with Crippen LogP contribution in [-0.2, 0) is 39.8 Å². The molecule has 11 heteroatoms. The quantitative estimate of drug-likeness (QED) is 0.304. The molecule has 2 amide bonds. The maximum Gasteiger partial charge on any atom is 0.306 e. The zero-order valence-corrected chi connectivity index (χ0v) is 24.2. The minimum atomic E-state index is -1.21. The normalized spacial score (nSPS) is 27.9. The fraction of sp³-hybridized carbons (Fsp3) is 0.655. The van der Waals surface area contributed by atoms with Gasteiger partial charge in [0.1, 0.15) is 30.5 Å². The fourth-order valence-electron chi connectivity index (χ4n) is 4.63. The first-order valence-electron chi connectivity index (χ1n) is 13.7. The number of nitrogens with one attached hydrogen (secondary N) is 2. The van der Waals surface area contributed by atoms with Crippen molar-refractivity contribution in [1.29, 1.82) is 0 Å². The molecule has 0 saturated carbocycles. The van der Waals surface area contributed by atoms with Crippen molar-refractivity contribution >= 4 is 17.8 Å². The van der Waals surface area contributed by atoms with E-state index in [0.29, 0.717) is 12.8 Å². The Balaban J connectivity index is 1.59. The molecule has 0 aliphatic carbocycles. The second kappa shape index (κ2) is 13.7. The molecule has 3 rings (SSSR count). The molecular weight excluding hydrogens is 518 g/mol. The van der Waals surface area contributed by atoms with Crippen LogP contribution in [-0.4, -0.2) is 83.9 Å². The maximum atomic E-state index is 13.3. The number of nitrogens with zero attached hydrogens (tertiary/aromatic N) is 1. The number of methoxy groups -OCH3 is 1. The summed E-state index contributed by atoms with van der Waals surface area (Å²) in [6.07, 6.45) is 3.71. The molecule has 1 aromatic heterocycles. The van der Waals surface area contributed by atoms with Crippen LogP contribution in [0.4, 0.5) is 0 Å². The molecular formula is C29H43N3O8. The first kappa shape index (κ1) is 31.7. The third kappa shape index (κ3) is 9.36. The second-order valence-corrected chi connectivity index (χ2v) is 11.8. The van der Waals surface area contributed by atoms with Crippen LogP contribution < -0.4 is 10.6 Å². The number of aliphatic hydroxyl groups is 1. The van der Waals surface area contributed by atoms with Gasteiger partial charge >= 0.3 is 5.97 Å². The van der Waals surface area contributed by atoms with Crippen molar-refractivity contribution in [3.05, 3.63) is 42.2 Å². The van der Waals surface area contributed by atoms with Gasteiger partial charge < -0.3 is 34.7 Å². The highest BCUT2D eigenvalue weighted by Gasteiger charge is 2.48. The zero-order chi connectivity index (χ0) is 29.5. The summed E-state index contributed by atoms with van der Waals surface area (Å²) in [6.45, 7) is 9.62. The van der Waals surface area contributed by atoms with Crippen LogP contribution in [0.25, 0.3) is 0 Å². The number of rotatable bonds is 9. The van der Waals surface area contributed by atoms with Gasteiger partial charge in [-0.05, 0) is 50.2 Å². The van der Waals surface area contributed by atoms with Gasteiger partial charge in [0.2, 0.25) is 5.91 Å². The van der Waals surface area contributed by atoms with E-state index in [4.69, 9.17) is 18.9 Å². The third-order valence-electron chi connectivity index (χ3n) is 6.66. The predicted octanol–water partition coefficient (Wildman–Crippen LogP) is 1.82. The van der Waals surface area contributed by atoms with Gasteiger partial charge in [0.15, 0.2) is 11.9 Å². The Morgan fingerprint density at radius 2 is 2.05 bits per heavy atom. The van der Waals surface area contributed by atoms with E-state index in [0.717, 1.165) is 5.56 Å². The van der Waals surface area contributed by atoms with Crippen molar-refractivity contribution in [3.8, 4) is 0 Å². The number of hydrogen-bond acceptors (Lipinski definition) is 9. The summed E-state index contributed by atoms with van der Waals surface area (Å²) in [5.41, 5.74) is 0.792. The van der Waals surface area contributed by atoms with E-state index >= 15 is 0 Å². The molecule has 1 aromatic rings. The predicted molar refractivity (Wildman–Crippen MR) is 146 cm³/mol. The lowest BCUT2D eigenvalue weighted by atomic mass is 9.93. The van der Waals surface area contributed by atoms with Crippen LogP contribution in [0.3, 0.4) is 0 Å². The molecule has 3 N–H and O–H groups in total. The Hall–Kier alpha value is -2.86. The molecule has 11 nitrogen and oxygen atoms in total. The van der Waals surface area contributed by atoms with E-state index in [1.165, 1.54) is 7.11 Å². The van der Waals surface area contributed by atoms with Crippen LogP contribution >= 0.6 is 0 Å². The highest BCUT2D eigenvalue weighted by Crippen LogP contribution is 2.31. The van der Waals surface area contributed by atoms with E-state index in [1.54, 1.807) is 32.3 Å². The van der Waals surface area contributed by atoms with E-state index in [-0.39, 0.29) is 30.8 Å². The van der Waals surface area contributed by atoms with Gasteiger partial charge in [-0.1, -0.05) is 39.0 Å². The minimum Gasteiger partial charge on any atom is -0.460 e. The summed E-state index contributed by atoms with van der Waals surface area (Å²) in [5.74, 6) is -2.46. The van der Waals surface area contributed by atoms with Crippen LogP contribution in [0.5, 0.6) is 0 Å². The summed E-state index contributed by atoms with van der Waals surface area (Å²) >= 11 is 0. The van der Waals surface area contributed by atoms with E-state index in [2.05, 4.69) is 15.6 Å². The number of esters is 1. The number of allylic oxidation sites excluding steroid dienone is 1. The van der Waals surface area contributed by atoms with Gasteiger partial charge in [0.05, 0.1) is 6.54 Å². The first-order valence-corrected chi connectivity index (χ1v) is 13.7. The molecule has 222 valence electrons. The highest BCUT2D eigenvalue weighted by atomic mass is 16.7. The number of ether oxygens (including phenoxy) is 4. The number of pyridine rings is 1. The average molecular weight is 562 g/mol. The number of carbonyl (C=O) groups excluding carboxylic acids is 3. The van der Waals surface area contributed by atoms with Crippen molar-refractivity contribution in [2.45, 2.75) is 103 Å². The molecule has 40 heavy (non-hydrogen) atoms. The molecule has 2 fully saturated rings. The lowest BCUT2D eigenvalue weighted by Gasteiger charge is -2.45. The van der Waals surface area contributed by atoms with Gasteiger partial charge in [0.25, 0.3) is 5.91 Å². The average Bonchev–Trinajstić information content (AvgIpc) is 3.05. The standard InChI is InChI=1S/C29H43N3O8/c1-28(2,3)14-13-21-23(34)24(40-29(4,5)39-21)25(37-6)27(36)32-20-11-10-19(17-31-26(20)35)38-22(33)12-9-18-8-7-15-30-16-18/h7-8,13-16,19-21,23-25,34H,9-12,17H2,1-6H3,(H,31,35)(H,32,36)/b14-13+/t19-,20+,21-,23+,24-,25-/m1/s1. The summed E-state index contributed by atoms with van der Waals surface area (Å²) in [5, 5.41) is 16.5. The second-order valence-electron chi connectivity index (χ2n) is 11.8. The number of aromatic nitrogens is 1. The van der Waals surface area contributed by atoms with Crippen molar-refractivity contribution in [3.63, 3.8) is 0 Å². The number of aliphatic hydroxyl groups excluding tert-OH is 1. The maximum absolute atomic E-state index is 13.3. The van der Waals surface area contributed by atoms with Crippen molar-refractivity contribution in [2.75, 3.05) is 13.7 Å². The van der Waals surface area contributed by atoms with Crippen LogP contribution in [0.1, 0.15) is 59.4 Å². The Labute approximate surface area is 236 Å². The molecule has 0 unspecified atom stereocenters. The smallest absolute Gasteiger partial charge is 0.306 e. The molecule has 0 aromatic carbocycles. The summed E-state index contributed by atoms with van der Waals surface area (Å²) in [4.78, 5) is 42.5. The lowest BCUT2D eigenvalue weighted by Crippen LogP contribution is -2.62. The van der Waals surface area contributed by atoms with Gasteiger partial charge in [-0.25, -0.2) is 0 Å². The topological polar surface area (TPSA) is 145 Å². The van der Waals surface area contributed by atoms with E-state index < -0.39 is 54.2 Å². The highest BCUT2D eigenvalue weighted by molar-refractivity contribution is 5.90. The summed E-state index contributed by atoms with van der Waals surface area (Å²) in [7, 11) is 1.34. The fourth-order valence-corrected chi connectivity index (χ4v) is 4.63. The monoisotopic (exact) mass is 561 g/mol. The summed E-state index contributed by atoms with van der Waals surface area (Å²) in [6, 6.07) is 2.83. The van der Waals surface area contributed by atoms with Crippen LogP contribution in [0.15, 0.2) is 36.7 Å². The molecule has 6 atom stereocenters. The number of aryl methyl sites for hydroxylation is 1. The lowest BCUT2D eigenvalue weighted by molar-refractivity contribution is -0.334. The molecule has 0 radical (unpaired) electrons. The number of carbonyl (C=O) groups is 3. The molecule has 2 aliphatic heterocycles. The Bertz CT molecular complexity index is 1040. The SMILES string of the molecule is CO[C@@H](C(=O)N[C@H]1CC[C@@H](OC(=O)CCc2cccnc2)CNC1=O)[C@@H]1OC(C)(C)O[C@H](/C=C/C(C)(C)C)[C@@H]1O. The van der Waals surface area contributed by atoms with Crippen LogP contribution in [0, 0.1) is 5.41 Å².